The van der Waals surface area contributed by atoms with Crippen LogP contribution < -0.4 is 10.2 Å². The van der Waals surface area contributed by atoms with Crippen LogP contribution in [0.5, 0.6) is 0 Å². The van der Waals surface area contributed by atoms with E-state index in [4.69, 9.17) is 9.47 Å². The molecular formula is C15H18N2O5. The van der Waals surface area contributed by atoms with Crippen LogP contribution in [-0.4, -0.2) is 44.3 Å². The van der Waals surface area contributed by atoms with E-state index in [1.807, 2.05) is 6.07 Å². The van der Waals surface area contributed by atoms with Crippen molar-refractivity contribution in [3.63, 3.8) is 0 Å². The maximum Gasteiger partial charge on any atom is 0.414 e. The number of hydrogen-bond acceptors (Lipinski definition) is 5. The van der Waals surface area contributed by atoms with Gasteiger partial charge < -0.3 is 14.8 Å². The molecule has 0 aromatic heterocycles. The van der Waals surface area contributed by atoms with Crippen LogP contribution >= 0.6 is 0 Å². The van der Waals surface area contributed by atoms with Crippen LogP contribution in [0.25, 0.3) is 0 Å². The van der Waals surface area contributed by atoms with E-state index in [1.54, 1.807) is 24.3 Å². The summed E-state index contributed by atoms with van der Waals surface area (Å²) in [5.74, 6) is -0.727. The van der Waals surface area contributed by atoms with Gasteiger partial charge in [0, 0.05) is 12.2 Å². The van der Waals surface area contributed by atoms with E-state index in [9.17, 15) is 14.4 Å². The number of amides is 2. The standard InChI is InChI=1S/C15H18N2O5/c1-21-13(19)9-15(8-12(18)16-10-15)17(14(20)22-2)11-6-4-3-5-7-11/h3-7H,8-10H2,1-2H3,(H,16,18). The molecule has 1 atom stereocenters. The molecule has 0 saturated carbocycles. The van der Waals surface area contributed by atoms with Gasteiger partial charge in [-0.25, -0.2) is 4.79 Å². The summed E-state index contributed by atoms with van der Waals surface area (Å²) in [7, 11) is 2.53. The lowest BCUT2D eigenvalue weighted by Gasteiger charge is -2.38. The topological polar surface area (TPSA) is 84.9 Å². The summed E-state index contributed by atoms with van der Waals surface area (Å²) in [5.41, 5.74) is -0.492. The van der Waals surface area contributed by atoms with E-state index in [1.165, 1.54) is 19.1 Å². The average Bonchev–Trinajstić information content (AvgIpc) is 2.89. The van der Waals surface area contributed by atoms with Gasteiger partial charge in [-0.15, -0.1) is 0 Å². The van der Waals surface area contributed by atoms with Crippen molar-refractivity contribution in [2.24, 2.45) is 0 Å². The van der Waals surface area contributed by atoms with Crippen molar-refractivity contribution in [2.45, 2.75) is 18.4 Å². The number of nitrogens with zero attached hydrogens (tertiary/aromatic N) is 1. The van der Waals surface area contributed by atoms with Crippen molar-refractivity contribution in [3.8, 4) is 0 Å². The monoisotopic (exact) mass is 306 g/mol. The average molecular weight is 306 g/mol. The molecule has 0 spiro atoms. The Morgan fingerprint density at radius 2 is 1.91 bits per heavy atom. The van der Waals surface area contributed by atoms with Crippen LogP contribution in [0.2, 0.25) is 0 Å². The lowest BCUT2D eigenvalue weighted by molar-refractivity contribution is -0.141. The van der Waals surface area contributed by atoms with E-state index in [0.717, 1.165) is 0 Å². The Morgan fingerprint density at radius 3 is 2.41 bits per heavy atom. The minimum absolute atomic E-state index is 0.00605. The largest absolute Gasteiger partial charge is 0.469 e. The molecular weight excluding hydrogens is 288 g/mol. The van der Waals surface area contributed by atoms with E-state index in [2.05, 4.69) is 5.32 Å². The zero-order valence-electron chi connectivity index (χ0n) is 12.5. The zero-order valence-corrected chi connectivity index (χ0v) is 12.5. The molecule has 2 rings (SSSR count). The molecule has 0 bridgehead atoms. The second-order valence-corrected chi connectivity index (χ2v) is 5.07. The van der Waals surface area contributed by atoms with Crippen molar-refractivity contribution in [2.75, 3.05) is 25.7 Å². The van der Waals surface area contributed by atoms with Crippen LogP contribution in [0, 0.1) is 0 Å². The van der Waals surface area contributed by atoms with E-state index in [-0.39, 0.29) is 25.3 Å². The number of carbonyl (C=O) groups excluding carboxylic acids is 3. The number of hydrogen-bond donors (Lipinski definition) is 1. The van der Waals surface area contributed by atoms with Crippen LogP contribution in [-0.2, 0) is 19.1 Å². The second kappa shape index (κ2) is 6.46. The maximum atomic E-state index is 12.3. The van der Waals surface area contributed by atoms with Crippen molar-refractivity contribution >= 4 is 23.7 Å². The van der Waals surface area contributed by atoms with Crippen LogP contribution in [0.1, 0.15) is 12.8 Å². The normalized spacial score (nSPS) is 20.2. The number of esters is 1. The van der Waals surface area contributed by atoms with Gasteiger partial charge in [-0.2, -0.15) is 0 Å². The fourth-order valence-corrected chi connectivity index (χ4v) is 2.63. The predicted octanol–water partition coefficient (Wildman–Crippen LogP) is 1.08. The SMILES string of the molecule is COC(=O)CC1(N(C(=O)OC)c2ccccc2)CNC(=O)C1. The number of benzene rings is 1. The minimum Gasteiger partial charge on any atom is -0.469 e. The number of para-hydroxylation sites is 1. The first-order valence-electron chi connectivity index (χ1n) is 6.79. The van der Waals surface area contributed by atoms with Gasteiger partial charge in [0.1, 0.15) is 0 Å². The van der Waals surface area contributed by atoms with E-state index in [0.29, 0.717) is 5.69 Å². The third-order valence-electron chi connectivity index (χ3n) is 3.65. The number of ether oxygens (including phenoxy) is 2. The molecule has 1 heterocycles. The van der Waals surface area contributed by atoms with Gasteiger partial charge in [0.25, 0.3) is 0 Å². The Kier molecular flexibility index (Phi) is 4.65. The quantitative estimate of drug-likeness (QED) is 0.841. The molecule has 1 N–H and O–H groups in total. The molecule has 22 heavy (non-hydrogen) atoms. The molecule has 1 aliphatic rings. The Bertz CT molecular complexity index is 575. The summed E-state index contributed by atoms with van der Waals surface area (Å²) in [6.45, 7) is 0.158. The summed E-state index contributed by atoms with van der Waals surface area (Å²) in [5, 5.41) is 2.67. The molecule has 1 saturated heterocycles. The molecule has 7 nitrogen and oxygen atoms in total. The van der Waals surface area contributed by atoms with Crippen molar-refractivity contribution in [1.29, 1.82) is 0 Å². The fraction of sp³-hybridized carbons (Fsp3) is 0.400. The Balaban J connectivity index is 2.46. The molecule has 2 amide bonds. The highest BCUT2D eigenvalue weighted by atomic mass is 16.5. The Morgan fingerprint density at radius 1 is 1.23 bits per heavy atom. The molecule has 0 aliphatic carbocycles. The molecule has 118 valence electrons. The highest BCUT2D eigenvalue weighted by Gasteiger charge is 2.49. The molecule has 1 fully saturated rings. The van der Waals surface area contributed by atoms with E-state index < -0.39 is 17.6 Å². The van der Waals surface area contributed by atoms with Crippen molar-refractivity contribution in [3.05, 3.63) is 30.3 Å². The lowest BCUT2D eigenvalue weighted by atomic mass is 9.91. The Labute approximate surface area is 128 Å². The predicted molar refractivity (Wildman–Crippen MR) is 78.3 cm³/mol. The second-order valence-electron chi connectivity index (χ2n) is 5.07. The Hall–Kier alpha value is -2.57. The summed E-state index contributed by atoms with van der Waals surface area (Å²) >= 11 is 0. The van der Waals surface area contributed by atoms with E-state index >= 15 is 0 Å². The summed E-state index contributed by atoms with van der Waals surface area (Å²) in [6, 6.07) is 8.78. The highest BCUT2D eigenvalue weighted by molar-refractivity contribution is 5.94. The number of rotatable bonds is 4. The number of nitrogens with one attached hydrogen (secondary N) is 1. The maximum absolute atomic E-state index is 12.3. The van der Waals surface area contributed by atoms with Gasteiger partial charge in [-0.3, -0.25) is 14.5 Å². The minimum atomic E-state index is -1.04. The number of carbonyl (C=O) groups is 3. The van der Waals surface area contributed by atoms with Crippen LogP contribution in [0.15, 0.2) is 30.3 Å². The third-order valence-corrected chi connectivity index (χ3v) is 3.65. The summed E-state index contributed by atoms with van der Waals surface area (Å²) in [4.78, 5) is 37.2. The fourth-order valence-electron chi connectivity index (χ4n) is 2.63. The first kappa shape index (κ1) is 15.8. The molecule has 0 radical (unpaired) electrons. The van der Waals surface area contributed by atoms with Crippen molar-refractivity contribution < 1.29 is 23.9 Å². The first-order chi connectivity index (χ1) is 10.5. The molecule has 7 heteroatoms. The highest BCUT2D eigenvalue weighted by Crippen LogP contribution is 2.33. The van der Waals surface area contributed by atoms with Gasteiger partial charge in [0.15, 0.2) is 0 Å². The zero-order chi connectivity index (χ0) is 16.2. The van der Waals surface area contributed by atoms with Gasteiger partial charge in [-0.05, 0) is 12.1 Å². The molecule has 1 aromatic rings. The van der Waals surface area contributed by atoms with Gasteiger partial charge in [0.05, 0.1) is 32.6 Å². The third kappa shape index (κ3) is 3.03. The van der Waals surface area contributed by atoms with Gasteiger partial charge in [-0.1, -0.05) is 18.2 Å². The summed E-state index contributed by atoms with van der Waals surface area (Å²) in [6.07, 6.45) is -0.732. The lowest BCUT2D eigenvalue weighted by Crippen LogP contribution is -2.55. The van der Waals surface area contributed by atoms with Gasteiger partial charge in [0.2, 0.25) is 5.91 Å². The molecule has 1 unspecified atom stereocenters. The summed E-state index contributed by atoms with van der Waals surface area (Å²) < 4.78 is 9.57. The number of anilines is 1. The smallest absolute Gasteiger partial charge is 0.414 e. The first-order valence-corrected chi connectivity index (χ1v) is 6.79. The molecule has 1 aliphatic heterocycles. The van der Waals surface area contributed by atoms with Crippen molar-refractivity contribution in [1.82, 2.24) is 5.32 Å². The van der Waals surface area contributed by atoms with Gasteiger partial charge >= 0.3 is 12.1 Å². The van der Waals surface area contributed by atoms with Crippen LogP contribution in [0.3, 0.4) is 0 Å². The number of methoxy groups -OCH3 is 2. The molecule has 1 aromatic carbocycles. The van der Waals surface area contributed by atoms with Crippen LogP contribution in [0.4, 0.5) is 10.5 Å².